The molecule has 4 N–H and O–H groups in total. The van der Waals surface area contributed by atoms with Crippen LogP contribution in [0.1, 0.15) is 31.7 Å². The zero-order chi connectivity index (χ0) is 18.1. The van der Waals surface area contributed by atoms with Crippen LogP contribution in [0.15, 0.2) is 34.1 Å². The first-order chi connectivity index (χ1) is 12.7. The zero-order valence-corrected chi connectivity index (χ0v) is 14.1. The average molecular weight is 356 g/mol. The average Bonchev–Trinajstić information content (AvgIpc) is 2.98. The molecule has 0 aliphatic heterocycles. The predicted molar refractivity (Wildman–Crippen MR) is 96.6 cm³/mol. The van der Waals surface area contributed by atoms with Crippen molar-refractivity contribution in [1.82, 2.24) is 24.5 Å². The van der Waals surface area contributed by atoms with Gasteiger partial charge in [-0.1, -0.05) is 12.8 Å². The Morgan fingerprint density at radius 1 is 1.31 bits per heavy atom. The van der Waals surface area contributed by atoms with Gasteiger partial charge in [-0.3, -0.25) is 9.36 Å². The van der Waals surface area contributed by atoms with Crippen LogP contribution < -0.4 is 16.6 Å². The number of rotatable bonds is 4. The fourth-order valence-electron chi connectivity index (χ4n) is 3.67. The highest BCUT2D eigenvalue weighted by atomic mass is 16.3. The summed E-state index contributed by atoms with van der Waals surface area (Å²) in [5.74, 6) is 0.266. The van der Waals surface area contributed by atoms with Crippen molar-refractivity contribution in [2.45, 2.75) is 31.7 Å². The topological polar surface area (TPSA) is 129 Å². The molecule has 2 atom stereocenters. The van der Waals surface area contributed by atoms with E-state index in [9.17, 15) is 14.7 Å². The van der Waals surface area contributed by atoms with Gasteiger partial charge >= 0.3 is 5.69 Å². The first-order valence-electron chi connectivity index (χ1n) is 8.70. The van der Waals surface area contributed by atoms with Gasteiger partial charge in [0, 0.05) is 24.8 Å². The van der Waals surface area contributed by atoms with Crippen LogP contribution in [0.25, 0.3) is 11.2 Å². The molecule has 9 nitrogen and oxygen atoms in total. The van der Waals surface area contributed by atoms with Gasteiger partial charge in [0.05, 0.1) is 6.20 Å². The number of H-pyrrole nitrogens is 2. The Balaban J connectivity index is 1.77. The number of aromatic nitrogens is 5. The molecule has 0 aromatic carbocycles. The van der Waals surface area contributed by atoms with E-state index in [1.54, 1.807) is 22.9 Å². The second kappa shape index (κ2) is 6.75. The van der Waals surface area contributed by atoms with E-state index in [2.05, 4.69) is 25.3 Å². The summed E-state index contributed by atoms with van der Waals surface area (Å²) in [4.78, 5) is 38.3. The predicted octanol–water partition coefficient (Wildman–Crippen LogP) is 1.28. The lowest BCUT2D eigenvalue weighted by Gasteiger charge is -2.30. The van der Waals surface area contributed by atoms with Crippen molar-refractivity contribution in [2.24, 2.45) is 5.92 Å². The molecule has 0 radical (unpaired) electrons. The van der Waals surface area contributed by atoms with Crippen molar-refractivity contribution in [3.63, 3.8) is 0 Å². The van der Waals surface area contributed by atoms with E-state index in [0.29, 0.717) is 16.9 Å². The van der Waals surface area contributed by atoms with E-state index >= 15 is 0 Å². The van der Waals surface area contributed by atoms with Crippen LogP contribution in [-0.4, -0.2) is 36.2 Å². The van der Waals surface area contributed by atoms with Crippen molar-refractivity contribution >= 4 is 22.8 Å². The Hall–Kier alpha value is -2.94. The summed E-state index contributed by atoms with van der Waals surface area (Å²) < 4.78 is 1.62. The van der Waals surface area contributed by atoms with Crippen LogP contribution in [0.4, 0.5) is 11.6 Å². The van der Waals surface area contributed by atoms with Crippen molar-refractivity contribution in [3.8, 4) is 0 Å². The van der Waals surface area contributed by atoms with Crippen LogP contribution in [0.5, 0.6) is 0 Å². The monoisotopic (exact) mass is 356 g/mol. The van der Waals surface area contributed by atoms with Crippen LogP contribution in [0.2, 0.25) is 0 Å². The van der Waals surface area contributed by atoms with Gasteiger partial charge in [0.1, 0.15) is 11.2 Å². The minimum absolute atomic E-state index is 0.0313. The molecule has 0 bridgehead atoms. The highest BCUT2D eigenvalue weighted by Gasteiger charge is 2.29. The summed E-state index contributed by atoms with van der Waals surface area (Å²) >= 11 is 0. The number of imidazole rings is 1. The van der Waals surface area contributed by atoms with Gasteiger partial charge in [0.2, 0.25) is 5.95 Å². The van der Waals surface area contributed by atoms with Gasteiger partial charge in [-0.05, 0) is 25.0 Å². The fraction of sp³-hybridized carbons (Fsp3) is 0.412. The van der Waals surface area contributed by atoms with Crippen LogP contribution >= 0.6 is 0 Å². The Kier molecular flexibility index (Phi) is 4.29. The molecule has 26 heavy (non-hydrogen) atoms. The molecule has 4 rings (SSSR count). The minimum atomic E-state index is -0.282. The largest absolute Gasteiger partial charge is 0.396 e. The second-order valence-corrected chi connectivity index (χ2v) is 6.56. The number of pyridine rings is 1. The molecule has 3 aromatic rings. The van der Waals surface area contributed by atoms with Gasteiger partial charge in [-0.2, -0.15) is 4.98 Å². The third-order valence-electron chi connectivity index (χ3n) is 4.96. The normalized spacial score (nSPS) is 20.3. The lowest BCUT2D eigenvalue weighted by molar-refractivity contribution is 0.139. The van der Waals surface area contributed by atoms with Gasteiger partial charge in [-0.25, -0.2) is 9.78 Å². The molecule has 1 aliphatic rings. The highest BCUT2D eigenvalue weighted by molar-refractivity contribution is 5.72. The lowest BCUT2D eigenvalue weighted by Crippen LogP contribution is -2.32. The maximum absolute atomic E-state index is 12.5. The van der Waals surface area contributed by atoms with Gasteiger partial charge in [-0.15, -0.1) is 0 Å². The number of hydrogen-bond acceptors (Lipinski definition) is 6. The Labute approximate surface area is 148 Å². The highest BCUT2D eigenvalue weighted by Crippen LogP contribution is 2.34. The summed E-state index contributed by atoms with van der Waals surface area (Å²) in [5, 5.41) is 12.6. The molecule has 1 fully saturated rings. The molecule has 0 saturated heterocycles. The summed E-state index contributed by atoms with van der Waals surface area (Å²) in [6.45, 7) is 0.0410. The molecule has 1 saturated carbocycles. The lowest BCUT2D eigenvalue weighted by atomic mass is 9.85. The standard InChI is InChI=1S/C17H20N6O3/c24-9-10-4-1-2-6-13(10)23-14-12(21-17(23)26)8-19-16(22-14)20-11-5-3-7-18-15(11)25/h3,5,7-8,10,13,24H,1-2,4,6,9H2,(H,18,25)(H,21,26)(H,19,20,22). The van der Waals surface area contributed by atoms with E-state index in [-0.39, 0.29) is 35.8 Å². The van der Waals surface area contributed by atoms with E-state index < -0.39 is 0 Å². The van der Waals surface area contributed by atoms with Gasteiger partial charge in [0.15, 0.2) is 5.65 Å². The van der Waals surface area contributed by atoms with Crippen molar-refractivity contribution in [2.75, 3.05) is 11.9 Å². The SMILES string of the molecule is O=c1[nH]cccc1Nc1ncc2[nH]c(=O)n(C3CCCCC3CO)c2n1. The summed E-state index contributed by atoms with van der Waals surface area (Å²) in [6, 6.07) is 3.22. The van der Waals surface area contributed by atoms with Gasteiger partial charge in [0.25, 0.3) is 5.56 Å². The number of nitrogens with zero attached hydrogens (tertiary/aromatic N) is 3. The van der Waals surface area contributed by atoms with Crippen molar-refractivity contribution in [3.05, 3.63) is 45.4 Å². The fourth-order valence-corrected chi connectivity index (χ4v) is 3.67. The number of aliphatic hydroxyl groups is 1. The molecular formula is C17H20N6O3. The Morgan fingerprint density at radius 3 is 2.96 bits per heavy atom. The molecule has 0 amide bonds. The van der Waals surface area contributed by atoms with Gasteiger partial charge < -0.3 is 20.4 Å². The number of fused-ring (bicyclic) bond motifs is 1. The Morgan fingerprint density at radius 2 is 2.15 bits per heavy atom. The molecule has 3 aromatic heterocycles. The van der Waals surface area contributed by atoms with E-state index in [0.717, 1.165) is 25.7 Å². The van der Waals surface area contributed by atoms with Crippen LogP contribution in [0.3, 0.4) is 0 Å². The zero-order valence-electron chi connectivity index (χ0n) is 14.1. The number of aromatic amines is 2. The molecule has 2 unspecified atom stereocenters. The molecule has 136 valence electrons. The summed E-state index contributed by atoms with van der Waals surface area (Å²) in [6.07, 6.45) is 6.84. The quantitative estimate of drug-likeness (QED) is 0.557. The van der Waals surface area contributed by atoms with E-state index in [4.69, 9.17) is 0 Å². The number of anilines is 2. The van der Waals surface area contributed by atoms with E-state index in [1.807, 2.05) is 0 Å². The summed E-state index contributed by atoms with van der Waals surface area (Å²) in [7, 11) is 0. The first kappa shape index (κ1) is 16.5. The molecule has 0 spiro atoms. The Bertz CT molecular complexity index is 1040. The first-order valence-corrected chi connectivity index (χ1v) is 8.70. The maximum atomic E-state index is 12.5. The molecule has 1 aliphatic carbocycles. The number of nitrogens with one attached hydrogen (secondary N) is 3. The molecule has 9 heteroatoms. The second-order valence-electron chi connectivity index (χ2n) is 6.56. The van der Waals surface area contributed by atoms with E-state index in [1.165, 1.54) is 6.20 Å². The smallest absolute Gasteiger partial charge is 0.327 e. The van der Waals surface area contributed by atoms with Crippen molar-refractivity contribution in [1.29, 1.82) is 0 Å². The maximum Gasteiger partial charge on any atom is 0.327 e. The van der Waals surface area contributed by atoms with Crippen LogP contribution in [-0.2, 0) is 0 Å². The molecule has 3 heterocycles. The number of aliphatic hydroxyl groups excluding tert-OH is 1. The van der Waals surface area contributed by atoms with Crippen molar-refractivity contribution < 1.29 is 5.11 Å². The summed E-state index contributed by atoms with van der Waals surface area (Å²) in [5.41, 5.74) is 0.793. The molecular weight excluding hydrogens is 336 g/mol. The van der Waals surface area contributed by atoms with Crippen LogP contribution in [0, 0.1) is 5.92 Å². The number of hydrogen-bond donors (Lipinski definition) is 4. The minimum Gasteiger partial charge on any atom is -0.396 e. The third kappa shape index (κ3) is 2.90. The third-order valence-corrected chi connectivity index (χ3v) is 4.96.